The van der Waals surface area contributed by atoms with E-state index < -0.39 is 11.7 Å². The maximum atomic E-state index is 13.5. The number of carbonyl (C=O) groups excluding carboxylic acids is 2. The van der Waals surface area contributed by atoms with E-state index in [1.807, 2.05) is 13.8 Å². The molecule has 1 aromatic rings. The quantitative estimate of drug-likeness (QED) is 0.832. The molecule has 4 nitrogen and oxygen atoms in total. The highest BCUT2D eigenvalue weighted by Crippen LogP contribution is 2.19. The normalized spacial score (nSPS) is 10.4. The SMILES string of the molecule is CC(C)CNC(=O)CCNC(=O)c1c(F)cccc1Br. The number of rotatable bonds is 6. The first-order valence-electron chi connectivity index (χ1n) is 6.40. The first-order chi connectivity index (χ1) is 9.41. The fourth-order valence-corrected chi connectivity index (χ4v) is 2.02. The molecular weight excluding hydrogens is 327 g/mol. The fourth-order valence-electron chi connectivity index (χ4n) is 1.50. The van der Waals surface area contributed by atoms with Gasteiger partial charge in [0.25, 0.3) is 5.91 Å². The highest BCUT2D eigenvalue weighted by molar-refractivity contribution is 9.10. The van der Waals surface area contributed by atoms with Crippen LogP contribution in [0.5, 0.6) is 0 Å². The van der Waals surface area contributed by atoms with Crippen LogP contribution in [0, 0.1) is 11.7 Å². The Morgan fingerprint density at radius 1 is 1.30 bits per heavy atom. The molecule has 0 aromatic heterocycles. The van der Waals surface area contributed by atoms with E-state index in [1.165, 1.54) is 12.1 Å². The van der Waals surface area contributed by atoms with Gasteiger partial charge in [-0.05, 0) is 34.0 Å². The van der Waals surface area contributed by atoms with Crippen molar-refractivity contribution in [1.29, 1.82) is 0 Å². The molecule has 0 aliphatic carbocycles. The molecule has 110 valence electrons. The number of hydrogen-bond acceptors (Lipinski definition) is 2. The Morgan fingerprint density at radius 2 is 2.00 bits per heavy atom. The number of amides is 2. The standard InChI is InChI=1S/C14H18BrFN2O2/c1-9(2)8-18-12(19)6-7-17-14(20)13-10(15)4-3-5-11(13)16/h3-5,9H,6-8H2,1-2H3,(H,17,20)(H,18,19). The Balaban J connectivity index is 2.42. The third-order valence-electron chi connectivity index (χ3n) is 2.53. The largest absolute Gasteiger partial charge is 0.356 e. The summed E-state index contributed by atoms with van der Waals surface area (Å²) in [5.41, 5.74) is -0.0462. The van der Waals surface area contributed by atoms with Gasteiger partial charge in [0.1, 0.15) is 5.82 Å². The lowest BCUT2D eigenvalue weighted by atomic mass is 10.2. The molecule has 0 aliphatic rings. The molecule has 0 heterocycles. The number of nitrogens with one attached hydrogen (secondary N) is 2. The van der Waals surface area contributed by atoms with Crippen LogP contribution >= 0.6 is 15.9 Å². The van der Waals surface area contributed by atoms with E-state index in [9.17, 15) is 14.0 Å². The first-order valence-corrected chi connectivity index (χ1v) is 7.20. The van der Waals surface area contributed by atoms with E-state index >= 15 is 0 Å². The highest BCUT2D eigenvalue weighted by Gasteiger charge is 2.15. The van der Waals surface area contributed by atoms with E-state index in [4.69, 9.17) is 0 Å². The number of hydrogen-bond donors (Lipinski definition) is 2. The average Bonchev–Trinajstić information content (AvgIpc) is 2.36. The summed E-state index contributed by atoms with van der Waals surface area (Å²) in [6.07, 6.45) is 0.171. The topological polar surface area (TPSA) is 58.2 Å². The molecule has 0 atom stereocenters. The molecule has 0 fully saturated rings. The molecule has 6 heteroatoms. The summed E-state index contributed by atoms with van der Waals surface area (Å²) in [6.45, 7) is 4.77. The van der Waals surface area contributed by atoms with Gasteiger partial charge in [0.15, 0.2) is 0 Å². The van der Waals surface area contributed by atoms with E-state index in [2.05, 4.69) is 26.6 Å². The lowest BCUT2D eigenvalue weighted by Crippen LogP contribution is -2.32. The van der Waals surface area contributed by atoms with Gasteiger partial charge in [-0.2, -0.15) is 0 Å². The maximum absolute atomic E-state index is 13.5. The summed E-state index contributed by atoms with van der Waals surface area (Å²) < 4.78 is 13.9. The fraction of sp³-hybridized carbons (Fsp3) is 0.429. The first kappa shape index (κ1) is 16.6. The molecule has 0 aliphatic heterocycles. The van der Waals surface area contributed by atoms with Crippen LogP contribution in [0.25, 0.3) is 0 Å². The second kappa shape index (κ2) is 7.99. The van der Waals surface area contributed by atoms with Crippen LogP contribution in [0.1, 0.15) is 30.6 Å². The van der Waals surface area contributed by atoms with Crippen LogP contribution < -0.4 is 10.6 Å². The maximum Gasteiger partial charge on any atom is 0.255 e. The zero-order valence-electron chi connectivity index (χ0n) is 11.5. The summed E-state index contributed by atoms with van der Waals surface area (Å²) in [5, 5.41) is 5.27. The lowest BCUT2D eigenvalue weighted by molar-refractivity contribution is -0.121. The zero-order valence-corrected chi connectivity index (χ0v) is 13.1. The minimum atomic E-state index is -0.596. The Morgan fingerprint density at radius 3 is 2.60 bits per heavy atom. The van der Waals surface area contributed by atoms with Crippen LogP contribution in [0.2, 0.25) is 0 Å². The van der Waals surface area contributed by atoms with Gasteiger partial charge in [-0.25, -0.2) is 4.39 Å². The van der Waals surface area contributed by atoms with Crippen LogP contribution in [0.15, 0.2) is 22.7 Å². The molecule has 0 radical (unpaired) electrons. The highest BCUT2D eigenvalue weighted by atomic mass is 79.9. The number of halogens is 2. The van der Waals surface area contributed by atoms with E-state index in [0.717, 1.165) is 0 Å². The van der Waals surface area contributed by atoms with Crippen molar-refractivity contribution in [2.75, 3.05) is 13.1 Å². The molecule has 0 bridgehead atoms. The minimum absolute atomic E-state index is 0.0462. The molecule has 20 heavy (non-hydrogen) atoms. The Labute approximate surface area is 126 Å². The monoisotopic (exact) mass is 344 g/mol. The van der Waals surface area contributed by atoms with Crippen molar-refractivity contribution in [2.45, 2.75) is 20.3 Å². The molecule has 1 aromatic carbocycles. The summed E-state index contributed by atoms with van der Waals surface area (Å²) in [4.78, 5) is 23.3. The summed E-state index contributed by atoms with van der Waals surface area (Å²) >= 11 is 3.13. The molecule has 1 rings (SSSR count). The van der Waals surface area contributed by atoms with Crippen molar-refractivity contribution >= 4 is 27.7 Å². The summed E-state index contributed by atoms with van der Waals surface area (Å²) in [5.74, 6) is -0.887. The van der Waals surface area contributed by atoms with Crippen LogP contribution in [0.4, 0.5) is 4.39 Å². The number of carbonyl (C=O) groups is 2. The lowest BCUT2D eigenvalue weighted by Gasteiger charge is -2.09. The molecular formula is C14H18BrFN2O2. The van der Waals surface area contributed by atoms with E-state index in [0.29, 0.717) is 16.9 Å². The second-order valence-electron chi connectivity index (χ2n) is 4.80. The molecule has 0 spiro atoms. The minimum Gasteiger partial charge on any atom is -0.356 e. The van der Waals surface area contributed by atoms with Crippen LogP contribution in [-0.2, 0) is 4.79 Å². The molecule has 0 unspecified atom stereocenters. The van der Waals surface area contributed by atoms with Gasteiger partial charge >= 0.3 is 0 Å². The Kier molecular flexibility index (Phi) is 6.64. The van der Waals surface area contributed by atoms with Crippen molar-refractivity contribution in [2.24, 2.45) is 5.92 Å². The van der Waals surface area contributed by atoms with Crippen molar-refractivity contribution in [1.82, 2.24) is 10.6 Å². The van der Waals surface area contributed by atoms with E-state index in [1.54, 1.807) is 6.07 Å². The van der Waals surface area contributed by atoms with E-state index in [-0.39, 0.29) is 24.4 Å². The predicted molar refractivity (Wildman–Crippen MR) is 78.9 cm³/mol. The van der Waals surface area contributed by atoms with Crippen molar-refractivity contribution < 1.29 is 14.0 Å². The van der Waals surface area contributed by atoms with Gasteiger partial charge in [-0.15, -0.1) is 0 Å². The molecule has 2 N–H and O–H groups in total. The van der Waals surface area contributed by atoms with Gasteiger partial charge < -0.3 is 10.6 Å². The smallest absolute Gasteiger partial charge is 0.255 e. The zero-order chi connectivity index (χ0) is 15.1. The van der Waals surface area contributed by atoms with Gasteiger partial charge in [0.05, 0.1) is 5.56 Å². The Hall–Kier alpha value is -1.43. The van der Waals surface area contributed by atoms with Crippen molar-refractivity contribution in [3.63, 3.8) is 0 Å². The second-order valence-corrected chi connectivity index (χ2v) is 5.65. The van der Waals surface area contributed by atoms with Gasteiger partial charge in [-0.3, -0.25) is 9.59 Å². The summed E-state index contributed by atoms with van der Waals surface area (Å²) in [7, 11) is 0. The summed E-state index contributed by atoms with van der Waals surface area (Å²) in [6, 6.07) is 4.32. The number of benzene rings is 1. The third-order valence-corrected chi connectivity index (χ3v) is 3.20. The van der Waals surface area contributed by atoms with Gasteiger partial charge in [0, 0.05) is 24.0 Å². The van der Waals surface area contributed by atoms with Gasteiger partial charge in [-0.1, -0.05) is 19.9 Å². The van der Waals surface area contributed by atoms with Crippen LogP contribution in [-0.4, -0.2) is 24.9 Å². The molecule has 0 saturated carbocycles. The van der Waals surface area contributed by atoms with Gasteiger partial charge in [0.2, 0.25) is 5.91 Å². The van der Waals surface area contributed by atoms with Crippen LogP contribution in [0.3, 0.4) is 0 Å². The van der Waals surface area contributed by atoms with Crippen molar-refractivity contribution in [3.8, 4) is 0 Å². The average molecular weight is 345 g/mol. The van der Waals surface area contributed by atoms with Crippen molar-refractivity contribution in [3.05, 3.63) is 34.1 Å². The third kappa shape index (κ3) is 5.28. The predicted octanol–water partition coefficient (Wildman–Crippen LogP) is 2.48. The molecule has 0 saturated heterocycles. The Bertz CT molecular complexity index is 472. The molecule has 2 amide bonds.